The lowest BCUT2D eigenvalue weighted by Gasteiger charge is -2.32. The molecule has 0 spiro atoms. The van der Waals surface area contributed by atoms with Crippen LogP contribution in [0.4, 0.5) is 0 Å². The van der Waals surface area contributed by atoms with Crippen molar-refractivity contribution in [2.24, 2.45) is 0 Å². The fraction of sp³-hybridized carbons (Fsp3) is 0.429. The summed E-state index contributed by atoms with van der Waals surface area (Å²) < 4.78 is 13.2. The molecule has 1 saturated heterocycles. The Labute approximate surface area is 117 Å². The van der Waals surface area contributed by atoms with E-state index < -0.39 is 18.3 Å². The van der Waals surface area contributed by atoms with Gasteiger partial charge in [-0.15, -0.1) is 11.3 Å². The SMILES string of the molecule is CC1(C)OB(c2c(O)ccc3sccc23)OC1(C)C. The van der Waals surface area contributed by atoms with Crippen molar-refractivity contribution in [3.8, 4) is 5.75 Å². The van der Waals surface area contributed by atoms with Crippen molar-refractivity contribution in [3.05, 3.63) is 23.6 Å². The van der Waals surface area contributed by atoms with Gasteiger partial charge in [-0.3, -0.25) is 0 Å². The van der Waals surface area contributed by atoms with Crippen LogP contribution in [-0.2, 0) is 9.31 Å². The van der Waals surface area contributed by atoms with Gasteiger partial charge in [0.2, 0.25) is 0 Å². The van der Waals surface area contributed by atoms with Gasteiger partial charge in [-0.2, -0.15) is 0 Å². The lowest BCUT2D eigenvalue weighted by atomic mass is 9.76. The van der Waals surface area contributed by atoms with Crippen molar-refractivity contribution in [3.63, 3.8) is 0 Å². The molecule has 19 heavy (non-hydrogen) atoms. The fourth-order valence-electron chi connectivity index (χ4n) is 2.26. The van der Waals surface area contributed by atoms with Crippen LogP contribution in [0, 0.1) is 0 Å². The zero-order valence-corrected chi connectivity index (χ0v) is 12.4. The standard InChI is InChI=1S/C14H17BO3S/c1-13(2)14(3,4)18-15(17-13)12-9-7-8-19-11(9)6-5-10(12)16/h5-8,16H,1-4H3. The second-order valence-corrected chi connectivity index (χ2v) is 6.87. The van der Waals surface area contributed by atoms with Crippen LogP contribution in [0.1, 0.15) is 27.7 Å². The molecular formula is C14H17BO3S. The molecule has 0 unspecified atom stereocenters. The highest BCUT2D eigenvalue weighted by Crippen LogP contribution is 2.38. The molecule has 1 fully saturated rings. The lowest BCUT2D eigenvalue weighted by Crippen LogP contribution is -2.41. The molecule has 3 rings (SSSR count). The van der Waals surface area contributed by atoms with E-state index in [4.69, 9.17) is 9.31 Å². The number of benzene rings is 1. The Morgan fingerprint density at radius 1 is 1.05 bits per heavy atom. The topological polar surface area (TPSA) is 38.7 Å². The van der Waals surface area contributed by atoms with Crippen LogP contribution in [0.2, 0.25) is 0 Å². The Morgan fingerprint density at radius 3 is 2.32 bits per heavy atom. The third-order valence-corrected chi connectivity index (χ3v) is 5.02. The number of thiophene rings is 1. The summed E-state index contributed by atoms with van der Waals surface area (Å²) in [5, 5.41) is 13.2. The number of hydrogen-bond acceptors (Lipinski definition) is 4. The highest BCUT2D eigenvalue weighted by Gasteiger charge is 2.52. The van der Waals surface area contributed by atoms with E-state index in [1.807, 2.05) is 45.2 Å². The van der Waals surface area contributed by atoms with Crippen LogP contribution in [0.15, 0.2) is 23.6 Å². The molecule has 1 aliphatic heterocycles. The normalized spacial score (nSPS) is 21.2. The number of phenols is 1. The average molecular weight is 276 g/mol. The van der Waals surface area contributed by atoms with Gasteiger partial charge in [0.1, 0.15) is 5.75 Å². The maximum atomic E-state index is 10.2. The van der Waals surface area contributed by atoms with Crippen LogP contribution < -0.4 is 5.46 Å². The molecule has 2 heterocycles. The number of hydrogen-bond donors (Lipinski definition) is 1. The number of rotatable bonds is 1. The maximum Gasteiger partial charge on any atom is 0.499 e. The van der Waals surface area contributed by atoms with Gasteiger partial charge in [-0.1, -0.05) is 0 Å². The first kappa shape index (κ1) is 13.0. The van der Waals surface area contributed by atoms with Gasteiger partial charge in [-0.25, -0.2) is 0 Å². The van der Waals surface area contributed by atoms with Crippen LogP contribution in [0.3, 0.4) is 0 Å². The molecule has 3 nitrogen and oxygen atoms in total. The van der Waals surface area contributed by atoms with Gasteiger partial charge in [0.15, 0.2) is 0 Å². The molecule has 0 radical (unpaired) electrons. The van der Waals surface area contributed by atoms with E-state index >= 15 is 0 Å². The molecule has 1 aromatic heterocycles. The Bertz CT molecular complexity index is 617. The fourth-order valence-corrected chi connectivity index (χ4v) is 3.07. The van der Waals surface area contributed by atoms with Crippen molar-refractivity contribution in [2.45, 2.75) is 38.9 Å². The number of fused-ring (bicyclic) bond motifs is 1. The summed E-state index contributed by atoms with van der Waals surface area (Å²) in [4.78, 5) is 0. The van der Waals surface area contributed by atoms with Gasteiger partial charge in [0, 0.05) is 10.2 Å². The molecular weight excluding hydrogens is 259 g/mol. The maximum absolute atomic E-state index is 10.2. The molecule has 0 aliphatic carbocycles. The predicted octanol–water partition coefficient (Wildman–Crippen LogP) is 2.91. The Hall–Kier alpha value is -1.04. The van der Waals surface area contributed by atoms with E-state index in [2.05, 4.69) is 0 Å². The molecule has 0 saturated carbocycles. The zero-order chi connectivity index (χ0) is 13.8. The number of aromatic hydroxyl groups is 1. The zero-order valence-electron chi connectivity index (χ0n) is 11.6. The predicted molar refractivity (Wildman–Crippen MR) is 79.2 cm³/mol. The van der Waals surface area contributed by atoms with Gasteiger partial charge in [0.25, 0.3) is 0 Å². The van der Waals surface area contributed by atoms with Gasteiger partial charge in [0.05, 0.1) is 11.2 Å². The first-order chi connectivity index (χ1) is 8.82. The van der Waals surface area contributed by atoms with Crippen molar-refractivity contribution < 1.29 is 14.4 Å². The quantitative estimate of drug-likeness (QED) is 0.814. The lowest BCUT2D eigenvalue weighted by molar-refractivity contribution is 0.00578. The van der Waals surface area contributed by atoms with E-state index in [0.29, 0.717) is 0 Å². The van der Waals surface area contributed by atoms with Gasteiger partial charge < -0.3 is 14.4 Å². The largest absolute Gasteiger partial charge is 0.508 e. The van der Waals surface area contributed by atoms with E-state index in [-0.39, 0.29) is 5.75 Å². The van der Waals surface area contributed by atoms with Crippen LogP contribution in [0.5, 0.6) is 5.75 Å². The Balaban J connectivity index is 2.12. The summed E-state index contributed by atoms with van der Waals surface area (Å²) in [6, 6.07) is 5.63. The molecule has 1 aromatic carbocycles. The van der Waals surface area contributed by atoms with Crippen LogP contribution >= 0.6 is 11.3 Å². The Kier molecular flexibility index (Phi) is 2.72. The molecule has 5 heteroatoms. The van der Waals surface area contributed by atoms with Crippen molar-refractivity contribution in [1.29, 1.82) is 0 Å². The van der Waals surface area contributed by atoms with Crippen molar-refractivity contribution >= 4 is 34.0 Å². The average Bonchev–Trinajstić information content (AvgIpc) is 2.81. The minimum absolute atomic E-state index is 0.226. The van der Waals surface area contributed by atoms with Gasteiger partial charge in [-0.05, 0) is 56.7 Å². The van der Waals surface area contributed by atoms with Crippen molar-refractivity contribution in [2.75, 3.05) is 0 Å². The first-order valence-electron chi connectivity index (χ1n) is 6.36. The number of phenolic OH excluding ortho intramolecular Hbond substituents is 1. The summed E-state index contributed by atoms with van der Waals surface area (Å²) in [6.45, 7) is 8.05. The van der Waals surface area contributed by atoms with Crippen LogP contribution in [-0.4, -0.2) is 23.4 Å². The highest BCUT2D eigenvalue weighted by molar-refractivity contribution is 7.17. The summed E-state index contributed by atoms with van der Waals surface area (Å²) in [5.74, 6) is 0.226. The molecule has 0 atom stereocenters. The minimum Gasteiger partial charge on any atom is -0.508 e. The van der Waals surface area contributed by atoms with E-state index in [0.717, 1.165) is 15.5 Å². The first-order valence-corrected chi connectivity index (χ1v) is 7.24. The van der Waals surface area contributed by atoms with Crippen molar-refractivity contribution in [1.82, 2.24) is 0 Å². The summed E-state index contributed by atoms with van der Waals surface area (Å²) in [5.41, 5.74) is -0.0673. The monoisotopic (exact) mass is 276 g/mol. The molecule has 1 aliphatic rings. The molecule has 0 bridgehead atoms. The third-order valence-electron chi connectivity index (χ3n) is 4.14. The molecule has 1 N–H and O–H groups in total. The summed E-state index contributed by atoms with van der Waals surface area (Å²) in [6.07, 6.45) is 0. The second-order valence-electron chi connectivity index (χ2n) is 5.92. The molecule has 100 valence electrons. The Morgan fingerprint density at radius 2 is 1.68 bits per heavy atom. The van der Waals surface area contributed by atoms with E-state index in [1.54, 1.807) is 17.4 Å². The molecule has 0 amide bonds. The second kappa shape index (κ2) is 3.98. The minimum atomic E-state index is -0.525. The van der Waals surface area contributed by atoms with Crippen LogP contribution in [0.25, 0.3) is 10.1 Å². The third kappa shape index (κ3) is 1.88. The molecule has 2 aromatic rings. The highest BCUT2D eigenvalue weighted by atomic mass is 32.1. The smallest absolute Gasteiger partial charge is 0.499 e. The van der Waals surface area contributed by atoms with Gasteiger partial charge >= 0.3 is 7.12 Å². The van der Waals surface area contributed by atoms with E-state index in [1.165, 1.54) is 0 Å². The summed E-state index contributed by atoms with van der Waals surface area (Å²) >= 11 is 1.65. The van der Waals surface area contributed by atoms with E-state index in [9.17, 15) is 5.11 Å². The summed E-state index contributed by atoms with van der Waals surface area (Å²) in [7, 11) is -0.525.